The monoisotopic (exact) mass is 381 g/mol. The van der Waals surface area contributed by atoms with Gasteiger partial charge >= 0.3 is 6.09 Å². The number of nitro benzene ring substituents is 2. The summed E-state index contributed by atoms with van der Waals surface area (Å²) >= 11 is 0. The number of amides is 1. The largest absolute Gasteiger partial charge is 0.444 e. The van der Waals surface area contributed by atoms with Gasteiger partial charge in [0.05, 0.1) is 14.7 Å². The summed E-state index contributed by atoms with van der Waals surface area (Å²) in [6.07, 6.45) is -1.26. The van der Waals surface area contributed by atoms with E-state index in [1.807, 2.05) is 0 Å². The molecular formula is C14H11N3O8S. The molecule has 12 heteroatoms. The second-order valence-electron chi connectivity index (χ2n) is 4.86. The Balaban J connectivity index is 1.97. The molecule has 0 spiro atoms. The van der Waals surface area contributed by atoms with Crippen LogP contribution in [0.4, 0.5) is 16.2 Å². The molecule has 0 aliphatic carbocycles. The lowest BCUT2D eigenvalue weighted by Gasteiger charge is -2.08. The van der Waals surface area contributed by atoms with Gasteiger partial charge in [0, 0.05) is 24.3 Å². The van der Waals surface area contributed by atoms with Crippen LogP contribution in [-0.4, -0.2) is 24.4 Å². The summed E-state index contributed by atoms with van der Waals surface area (Å²) in [5.41, 5.74) is -0.0258. The minimum Gasteiger partial charge on any atom is -0.444 e. The van der Waals surface area contributed by atoms with Crippen molar-refractivity contribution in [1.29, 1.82) is 0 Å². The first-order valence-corrected chi connectivity index (χ1v) is 8.35. The van der Waals surface area contributed by atoms with Crippen LogP contribution in [0, 0.1) is 20.2 Å². The molecular weight excluding hydrogens is 370 g/mol. The molecule has 1 N–H and O–H groups in total. The summed E-state index contributed by atoms with van der Waals surface area (Å²) in [6.45, 7) is -0.306. The number of carbonyl (C=O) groups is 1. The van der Waals surface area contributed by atoms with Crippen molar-refractivity contribution in [2.24, 2.45) is 0 Å². The predicted octanol–water partition coefficient (Wildman–Crippen LogP) is 2.12. The molecule has 0 aliphatic heterocycles. The topological polar surface area (TPSA) is 159 Å². The van der Waals surface area contributed by atoms with E-state index in [1.165, 1.54) is 24.3 Å². The fraction of sp³-hybridized carbons (Fsp3) is 0.0714. The number of non-ortho nitro benzene ring substituents is 2. The third kappa shape index (κ3) is 4.73. The van der Waals surface area contributed by atoms with Crippen LogP contribution in [0.15, 0.2) is 53.4 Å². The summed E-state index contributed by atoms with van der Waals surface area (Å²) in [5, 5.41) is 21.1. The Morgan fingerprint density at radius 2 is 1.38 bits per heavy atom. The van der Waals surface area contributed by atoms with Crippen molar-refractivity contribution in [2.45, 2.75) is 11.5 Å². The van der Waals surface area contributed by atoms with Gasteiger partial charge in [-0.25, -0.2) is 17.9 Å². The van der Waals surface area contributed by atoms with E-state index in [2.05, 4.69) is 0 Å². The van der Waals surface area contributed by atoms with Crippen LogP contribution in [0.2, 0.25) is 0 Å². The third-order valence-corrected chi connectivity index (χ3v) is 4.42. The van der Waals surface area contributed by atoms with Crippen molar-refractivity contribution in [3.8, 4) is 0 Å². The maximum atomic E-state index is 12.0. The summed E-state index contributed by atoms with van der Waals surface area (Å²) < 4.78 is 30.4. The van der Waals surface area contributed by atoms with Crippen molar-refractivity contribution in [1.82, 2.24) is 4.72 Å². The van der Waals surface area contributed by atoms with Crippen molar-refractivity contribution < 1.29 is 27.8 Å². The van der Waals surface area contributed by atoms with Crippen molar-refractivity contribution in [3.63, 3.8) is 0 Å². The molecule has 11 nitrogen and oxygen atoms in total. The maximum Gasteiger partial charge on any atom is 0.421 e. The number of hydrogen-bond acceptors (Lipinski definition) is 8. The van der Waals surface area contributed by atoms with Gasteiger partial charge in [-0.05, 0) is 29.8 Å². The van der Waals surface area contributed by atoms with Crippen LogP contribution in [0.25, 0.3) is 0 Å². The molecule has 0 bridgehead atoms. The Labute approximate surface area is 146 Å². The quantitative estimate of drug-likeness (QED) is 0.588. The molecule has 0 aliphatic rings. The molecule has 2 aromatic rings. The van der Waals surface area contributed by atoms with Crippen molar-refractivity contribution in [3.05, 3.63) is 74.3 Å². The highest BCUT2D eigenvalue weighted by Gasteiger charge is 2.19. The number of carbonyl (C=O) groups excluding carboxylic acids is 1. The van der Waals surface area contributed by atoms with Gasteiger partial charge in [0.15, 0.2) is 0 Å². The first kappa shape index (κ1) is 18.8. The maximum absolute atomic E-state index is 12.0. The summed E-state index contributed by atoms with van der Waals surface area (Å²) in [5.74, 6) is 0. The average molecular weight is 381 g/mol. The Morgan fingerprint density at radius 1 is 0.923 bits per heavy atom. The minimum absolute atomic E-state index is 0.140. The highest BCUT2D eigenvalue weighted by Crippen LogP contribution is 2.16. The first-order chi connectivity index (χ1) is 12.2. The zero-order valence-corrected chi connectivity index (χ0v) is 13.7. The highest BCUT2D eigenvalue weighted by molar-refractivity contribution is 7.90. The van der Waals surface area contributed by atoms with E-state index in [0.717, 1.165) is 24.3 Å². The van der Waals surface area contributed by atoms with Crippen molar-refractivity contribution >= 4 is 27.5 Å². The highest BCUT2D eigenvalue weighted by atomic mass is 32.2. The molecule has 0 saturated carbocycles. The fourth-order valence-corrected chi connectivity index (χ4v) is 2.70. The van der Waals surface area contributed by atoms with E-state index in [9.17, 15) is 33.4 Å². The SMILES string of the molecule is O=C(NS(=O)(=O)c1ccc([N+](=O)[O-])cc1)OCc1ccc([N+](=O)[O-])cc1. The van der Waals surface area contributed by atoms with Gasteiger partial charge in [-0.15, -0.1) is 0 Å². The van der Waals surface area contributed by atoms with Gasteiger partial charge in [-0.1, -0.05) is 0 Å². The zero-order valence-electron chi connectivity index (χ0n) is 12.9. The molecule has 0 saturated heterocycles. The number of hydrogen-bond donors (Lipinski definition) is 1. The Kier molecular flexibility index (Phi) is 5.47. The second-order valence-corrected chi connectivity index (χ2v) is 6.54. The Morgan fingerprint density at radius 3 is 1.85 bits per heavy atom. The Bertz CT molecular complexity index is 939. The van der Waals surface area contributed by atoms with E-state index in [-0.39, 0.29) is 22.9 Å². The lowest BCUT2D eigenvalue weighted by molar-refractivity contribution is -0.385. The lowest BCUT2D eigenvalue weighted by Crippen LogP contribution is -2.31. The first-order valence-electron chi connectivity index (χ1n) is 6.86. The number of nitrogens with one attached hydrogen (secondary N) is 1. The van der Waals surface area contributed by atoms with Crippen molar-refractivity contribution in [2.75, 3.05) is 0 Å². The van der Waals surface area contributed by atoms with Gasteiger partial charge in [0.25, 0.3) is 21.4 Å². The number of rotatable bonds is 6. The van der Waals surface area contributed by atoms with Gasteiger partial charge < -0.3 is 4.74 Å². The van der Waals surface area contributed by atoms with Gasteiger partial charge in [-0.3, -0.25) is 20.2 Å². The lowest BCUT2D eigenvalue weighted by atomic mass is 10.2. The standard InChI is InChI=1S/C14H11N3O8S/c18-14(25-9-10-1-3-11(4-2-10)16(19)20)15-26(23,24)13-7-5-12(6-8-13)17(21)22/h1-8H,9H2,(H,15,18). The summed E-state index contributed by atoms with van der Waals surface area (Å²) in [4.78, 5) is 31.1. The molecule has 0 unspecified atom stereocenters. The van der Waals surface area contributed by atoms with E-state index in [1.54, 1.807) is 4.72 Å². The summed E-state index contributed by atoms with van der Waals surface area (Å²) in [7, 11) is -4.26. The molecule has 0 heterocycles. The molecule has 136 valence electrons. The van der Waals surface area contributed by atoms with Gasteiger partial charge in [0.2, 0.25) is 0 Å². The smallest absolute Gasteiger partial charge is 0.421 e. The van der Waals surface area contributed by atoms with Crippen LogP contribution in [0.5, 0.6) is 0 Å². The molecule has 2 rings (SSSR count). The number of sulfonamides is 1. The van der Waals surface area contributed by atoms with E-state index in [0.29, 0.717) is 5.56 Å². The Hall–Kier alpha value is -3.54. The molecule has 26 heavy (non-hydrogen) atoms. The number of nitro groups is 2. The number of benzene rings is 2. The molecule has 1 amide bonds. The van der Waals surface area contributed by atoms with Crippen LogP contribution >= 0.6 is 0 Å². The van der Waals surface area contributed by atoms with Gasteiger partial charge in [0.1, 0.15) is 6.61 Å². The molecule has 0 fully saturated rings. The van der Waals surface area contributed by atoms with E-state index < -0.39 is 26.0 Å². The minimum atomic E-state index is -4.26. The molecule has 0 aromatic heterocycles. The van der Waals surface area contributed by atoms with Crippen LogP contribution in [-0.2, 0) is 21.4 Å². The zero-order chi connectivity index (χ0) is 19.3. The molecule has 0 radical (unpaired) electrons. The van der Waals surface area contributed by atoms with Crippen LogP contribution < -0.4 is 4.72 Å². The van der Waals surface area contributed by atoms with Crippen LogP contribution in [0.3, 0.4) is 0 Å². The number of ether oxygens (including phenoxy) is 1. The third-order valence-electron chi connectivity index (χ3n) is 3.09. The normalized spacial score (nSPS) is 10.8. The van der Waals surface area contributed by atoms with Crippen LogP contribution in [0.1, 0.15) is 5.56 Å². The average Bonchev–Trinajstić information content (AvgIpc) is 2.60. The van der Waals surface area contributed by atoms with E-state index in [4.69, 9.17) is 4.74 Å². The fourth-order valence-electron chi connectivity index (χ4n) is 1.81. The van der Waals surface area contributed by atoms with Gasteiger partial charge in [-0.2, -0.15) is 0 Å². The van der Waals surface area contributed by atoms with E-state index >= 15 is 0 Å². The predicted molar refractivity (Wildman–Crippen MR) is 86.7 cm³/mol. The molecule has 2 aromatic carbocycles. The molecule has 0 atom stereocenters. The summed E-state index contributed by atoms with van der Waals surface area (Å²) in [6, 6.07) is 9.06. The second kappa shape index (κ2) is 7.57. The number of nitrogens with zero attached hydrogens (tertiary/aromatic N) is 2.